The van der Waals surface area contributed by atoms with Gasteiger partial charge in [0.05, 0.1) is 34.8 Å². The molecule has 0 unspecified atom stereocenters. The number of pyridine rings is 1. The molecule has 1 saturated carbocycles. The van der Waals surface area contributed by atoms with Gasteiger partial charge in [0.25, 0.3) is 0 Å². The third kappa shape index (κ3) is 3.41. The molecule has 1 aliphatic rings. The van der Waals surface area contributed by atoms with Crippen molar-refractivity contribution in [2.24, 2.45) is 5.92 Å². The van der Waals surface area contributed by atoms with Crippen LogP contribution in [0.4, 0.5) is 14.6 Å². The van der Waals surface area contributed by atoms with E-state index in [1.54, 1.807) is 42.2 Å². The number of alkyl halides is 1. The summed E-state index contributed by atoms with van der Waals surface area (Å²) in [5, 5.41) is 14.6. The van der Waals surface area contributed by atoms with Gasteiger partial charge in [-0.25, -0.2) is 13.3 Å². The summed E-state index contributed by atoms with van der Waals surface area (Å²) in [7, 11) is 1.56. The van der Waals surface area contributed by atoms with Crippen LogP contribution in [0.2, 0.25) is 5.02 Å². The second-order valence-corrected chi connectivity index (χ2v) is 8.47. The van der Waals surface area contributed by atoms with Crippen LogP contribution in [0, 0.1) is 11.7 Å². The molecular weight excluding hydrogens is 440 g/mol. The highest BCUT2D eigenvalue weighted by molar-refractivity contribution is 6.35. The molecule has 0 saturated heterocycles. The molecule has 0 radical (unpaired) electrons. The molecule has 1 aliphatic carbocycles. The minimum atomic E-state index is -1.08. The Hall–Kier alpha value is -3.04. The average Bonchev–Trinajstić information content (AvgIpc) is 3.12. The van der Waals surface area contributed by atoms with Gasteiger partial charge in [0, 0.05) is 41.8 Å². The van der Waals surface area contributed by atoms with E-state index in [9.17, 15) is 9.18 Å². The maximum atomic E-state index is 15.4. The number of rotatable bonds is 6. The van der Waals surface area contributed by atoms with E-state index in [4.69, 9.17) is 16.3 Å². The van der Waals surface area contributed by atoms with Gasteiger partial charge in [-0.1, -0.05) is 18.5 Å². The van der Waals surface area contributed by atoms with Gasteiger partial charge in [-0.3, -0.25) is 9.89 Å². The van der Waals surface area contributed by atoms with Crippen molar-refractivity contribution in [3.63, 3.8) is 0 Å². The Morgan fingerprint density at radius 3 is 2.97 bits per heavy atom. The molecule has 0 aliphatic heterocycles. The van der Waals surface area contributed by atoms with Gasteiger partial charge in [0.15, 0.2) is 5.82 Å². The Morgan fingerprint density at radius 2 is 2.25 bits per heavy atom. The SMILES string of the molecule is COC[C@H](C)c1c(F)c(Cl)c(-c2ccn3nc(NC(=O)[C@@H]4C[C@@H]4F)cc3c2)c2cn[nH]c12. The lowest BCUT2D eigenvalue weighted by Gasteiger charge is -2.17. The smallest absolute Gasteiger partial charge is 0.231 e. The number of aromatic nitrogens is 4. The predicted molar refractivity (Wildman–Crippen MR) is 117 cm³/mol. The third-order valence-corrected chi connectivity index (χ3v) is 6.14. The summed E-state index contributed by atoms with van der Waals surface area (Å²) in [5.41, 5.74) is 2.83. The summed E-state index contributed by atoms with van der Waals surface area (Å²) in [4.78, 5) is 12.0. The van der Waals surface area contributed by atoms with Gasteiger partial charge < -0.3 is 10.1 Å². The van der Waals surface area contributed by atoms with Gasteiger partial charge in [0.1, 0.15) is 12.0 Å². The van der Waals surface area contributed by atoms with Crippen LogP contribution in [0.3, 0.4) is 0 Å². The zero-order valence-electron chi connectivity index (χ0n) is 17.3. The molecule has 1 fully saturated rings. The van der Waals surface area contributed by atoms with Crippen molar-refractivity contribution in [2.75, 3.05) is 19.0 Å². The number of fused-ring (bicyclic) bond motifs is 2. The summed E-state index contributed by atoms with van der Waals surface area (Å²) in [5.74, 6) is -1.42. The molecule has 5 rings (SSSR count). The van der Waals surface area contributed by atoms with Crippen molar-refractivity contribution in [3.05, 3.63) is 47.0 Å². The highest BCUT2D eigenvalue weighted by atomic mass is 35.5. The highest BCUT2D eigenvalue weighted by Gasteiger charge is 2.43. The topological polar surface area (TPSA) is 84.3 Å². The molecule has 1 aromatic carbocycles. The zero-order valence-corrected chi connectivity index (χ0v) is 18.1. The Kier molecular flexibility index (Phi) is 5.10. The van der Waals surface area contributed by atoms with Gasteiger partial charge in [0.2, 0.25) is 5.91 Å². The quantitative estimate of drug-likeness (QED) is 0.437. The molecule has 3 heterocycles. The minimum Gasteiger partial charge on any atom is -0.384 e. The lowest BCUT2D eigenvalue weighted by molar-refractivity contribution is -0.117. The molecule has 4 aromatic rings. The fourth-order valence-electron chi connectivity index (χ4n) is 4.08. The molecule has 3 aromatic heterocycles. The van der Waals surface area contributed by atoms with Crippen LogP contribution in [-0.2, 0) is 9.53 Å². The standard InChI is InChI=1S/C22H20ClF2N5O2/c1-10(9-32-2)17-20(25)19(23)18(14-8-26-28-21(14)17)11-3-4-30-12(5-11)6-16(29-30)27-22(31)13-7-15(13)24/h3-6,8,10,13,15H,7,9H2,1-2H3,(H,26,28)(H,27,29,31)/t10-,13+,15-/m0/s1. The summed E-state index contributed by atoms with van der Waals surface area (Å²) < 4.78 is 35.3. The Balaban J connectivity index is 1.57. The summed E-state index contributed by atoms with van der Waals surface area (Å²) >= 11 is 6.52. The molecule has 0 spiro atoms. The summed E-state index contributed by atoms with van der Waals surface area (Å²) in [6, 6.07) is 5.22. The predicted octanol–water partition coefficient (Wildman–Crippen LogP) is 4.72. The molecule has 10 heteroatoms. The first kappa shape index (κ1) is 20.8. The van der Waals surface area contributed by atoms with Crippen LogP contribution in [0.15, 0.2) is 30.6 Å². The number of carbonyl (C=O) groups excluding carboxylic acids is 1. The number of amides is 1. The summed E-state index contributed by atoms with van der Waals surface area (Å²) in [6.07, 6.45) is 2.47. The second kappa shape index (κ2) is 7.83. The van der Waals surface area contributed by atoms with E-state index >= 15 is 4.39 Å². The second-order valence-electron chi connectivity index (χ2n) is 8.09. The molecule has 7 nitrogen and oxygen atoms in total. The number of methoxy groups -OCH3 is 1. The van der Waals surface area contributed by atoms with Crippen LogP contribution < -0.4 is 5.32 Å². The normalized spacial score (nSPS) is 18.9. The largest absolute Gasteiger partial charge is 0.384 e. The van der Waals surface area contributed by atoms with Gasteiger partial charge in [-0.2, -0.15) is 10.2 Å². The molecule has 0 bridgehead atoms. The van der Waals surface area contributed by atoms with Crippen LogP contribution in [0.25, 0.3) is 27.5 Å². The van der Waals surface area contributed by atoms with Crippen LogP contribution in [0.1, 0.15) is 24.8 Å². The number of carbonyl (C=O) groups is 1. The number of anilines is 1. The van der Waals surface area contributed by atoms with Crippen molar-refractivity contribution in [1.29, 1.82) is 0 Å². The lowest BCUT2D eigenvalue weighted by atomic mass is 9.93. The van der Waals surface area contributed by atoms with E-state index in [1.807, 2.05) is 6.92 Å². The molecular formula is C22H20ClF2N5O2. The number of halogens is 3. The fraction of sp³-hybridized carbons (Fsp3) is 0.318. The van der Waals surface area contributed by atoms with Crippen LogP contribution >= 0.6 is 11.6 Å². The number of hydrogen-bond donors (Lipinski definition) is 2. The summed E-state index contributed by atoms with van der Waals surface area (Å²) in [6.45, 7) is 2.19. The minimum absolute atomic E-state index is 0.00281. The number of aromatic amines is 1. The zero-order chi connectivity index (χ0) is 22.6. The maximum absolute atomic E-state index is 15.4. The van der Waals surface area contributed by atoms with Gasteiger partial charge in [-0.05, 0) is 24.1 Å². The first-order chi connectivity index (χ1) is 15.4. The molecule has 1 amide bonds. The monoisotopic (exact) mass is 459 g/mol. The van der Waals surface area contributed by atoms with Crippen molar-refractivity contribution in [3.8, 4) is 11.1 Å². The van der Waals surface area contributed by atoms with Gasteiger partial charge in [-0.15, -0.1) is 0 Å². The van der Waals surface area contributed by atoms with E-state index in [-0.39, 0.29) is 23.3 Å². The van der Waals surface area contributed by atoms with E-state index < -0.39 is 17.9 Å². The van der Waals surface area contributed by atoms with Crippen molar-refractivity contribution >= 4 is 39.7 Å². The van der Waals surface area contributed by atoms with Crippen molar-refractivity contribution < 1.29 is 18.3 Å². The number of hydrogen-bond acceptors (Lipinski definition) is 4. The maximum Gasteiger partial charge on any atom is 0.231 e. The van der Waals surface area contributed by atoms with E-state index in [1.165, 1.54) is 0 Å². The highest BCUT2D eigenvalue weighted by Crippen LogP contribution is 2.41. The number of nitrogens with one attached hydrogen (secondary N) is 2. The Labute approximate surface area is 186 Å². The van der Waals surface area contributed by atoms with Gasteiger partial charge >= 0.3 is 0 Å². The van der Waals surface area contributed by atoms with Crippen molar-refractivity contribution in [1.82, 2.24) is 19.8 Å². The molecule has 166 valence electrons. The van der Waals surface area contributed by atoms with E-state index in [2.05, 4.69) is 20.6 Å². The van der Waals surface area contributed by atoms with Crippen LogP contribution in [0.5, 0.6) is 0 Å². The molecule has 3 atom stereocenters. The number of nitrogens with zero attached hydrogens (tertiary/aromatic N) is 3. The first-order valence-corrected chi connectivity index (χ1v) is 10.5. The Morgan fingerprint density at radius 1 is 1.47 bits per heavy atom. The third-order valence-electron chi connectivity index (χ3n) is 5.79. The lowest BCUT2D eigenvalue weighted by Crippen LogP contribution is -2.15. The Bertz CT molecular complexity index is 1350. The molecule has 2 N–H and O–H groups in total. The van der Waals surface area contributed by atoms with Crippen molar-refractivity contribution in [2.45, 2.75) is 25.4 Å². The number of ether oxygens (including phenoxy) is 1. The first-order valence-electron chi connectivity index (χ1n) is 10.2. The fourth-order valence-corrected chi connectivity index (χ4v) is 4.39. The number of benzene rings is 1. The molecule has 32 heavy (non-hydrogen) atoms. The average molecular weight is 460 g/mol. The van der Waals surface area contributed by atoms with Crippen LogP contribution in [-0.4, -0.2) is 45.6 Å². The van der Waals surface area contributed by atoms with E-state index in [0.717, 1.165) is 0 Å². The van der Waals surface area contributed by atoms with E-state index in [0.29, 0.717) is 45.5 Å². The number of H-pyrrole nitrogens is 1.